The summed E-state index contributed by atoms with van der Waals surface area (Å²) in [6, 6.07) is 7.05. The summed E-state index contributed by atoms with van der Waals surface area (Å²) in [5, 5.41) is 0. The van der Waals surface area contributed by atoms with Gasteiger partial charge in [-0.3, -0.25) is 4.79 Å². The van der Waals surface area contributed by atoms with Crippen molar-refractivity contribution in [1.82, 2.24) is 4.31 Å². The zero-order valence-electron chi connectivity index (χ0n) is 11.9. The molecule has 1 aromatic carbocycles. The van der Waals surface area contributed by atoms with Crippen LogP contribution in [0.3, 0.4) is 0 Å². The first kappa shape index (κ1) is 17.5. The predicted molar refractivity (Wildman–Crippen MR) is 84.2 cm³/mol. The molecule has 8 heteroatoms. The van der Waals surface area contributed by atoms with Crippen LogP contribution in [0.15, 0.2) is 24.3 Å². The molecule has 0 aliphatic rings. The molecule has 0 aliphatic carbocycles. The third kappa shape index (κ3) is 5.41. The monoisotopic (exact) mass is 330 g/mol. The molecule has 1 aromatic rings. The van der Waals surface area contributed by atoms with Crippen LogP contribution in [-0.4, -0.2) is 43.6 Å². The van der Waals surface area contributed by atoms with E-state index in [0.29, 0.717) is 5.56 Å². The number of carbonyl (C=O) groups excluding carboxylic acids is 1. The number of esters is 1. The highest BCUT2D eigenvalue weighted by Crippen LogP contribution is 2.11. The smallest absolute Gasteiger partial charge is 0.306 e. The predicted octanol–water partition coefficient (Wildman–Crippen LogP) is 0.646. The molecular weight excluding hydrogens is 312 g/mol. The standard InChI is InChI=1S/C13H18N2O4S2/c1-15(21(17,18)7-6-12(16)19-2)9-10-4-3-5-11(8-10)13(14)20/h3-5,8H,6-7,9H2,1-2H3,(H2,14,20). The first-order valence-corrected chi connectivity index (χ1v) is 8.17. The number of methoxy groups -OCH3 is 1. The summed E-state index contributed by atoms with van der Waals surface area (Å²) in [5.74, 6) is -0.840. The molecule has 0 bridgehead atoms. The molecule has 0 atom stereocenters. The molecule has 0 amide bonds. The normalized spacial score (nSPS) is 11.4. The van der Waals surface area contributed by atoms with Crippen LogP contribution in [0.5, 0.6) is 0 Å². The Morgan fingerprint density at radius 2 is 2.10 bits per heavy atom. The van der Waals surface area contributed by atoms with Crippen LogP contribution < -0.4 is 5.73 Å². The number of rotatable bonds is 7. The number of hydrogen-bond donors (Lipinski definition) is 1. The maximum atomic E-state index is 12.0. The van der Waals surface area contributed by atoms with Crippen molar-refractivity contribution in [3.05, 3.63) is 35.4 Å². The van der Waals surface area contributed by atoms with Gasteiger partial charge in [0.25, 0.3) is 0 Å². The zero-order chi connectivity index (χ0) is 16.0. The molecule has 2 N–H and O–H groups in total. The summed E-state index contributed by atoms with van der Waals surface area (Å²) in [6.45, 7) is 0.181. The number of nitrogens with two attached hydrogens (primary N) is 1. The third-order valence-corrected chi connectivity index (χ3v) is 4.92. The van der Waals surface area contributed by atoms with Crippen molar-refractivity contribution >= 4 is 33.2 Å². The average Bonchev–Trinajstić information content (AvgIpc) is 2.45. The maximum Gasteiger partial charge on any atom is 0.306 e. The minimum Gasteiger partial charge on any atom is -0.469 e. The van der Waals surface area contributed by atoms with Crippen molar-refractivity contribution in [2.24, 2.45) is 5.73 Å². The number of ether oxygens (including phenoxy) is 1. The highest BCUT2D eigenvalue weighted by molar-refractivity contribution is 7.89. The second kappa shape index (κ2) is 7.48. The van der Waals surface area contributed by atoms with Crippen LogP contribution >= 0.6 is 12.2 Å². The molecule has 6 nitrogen and oxygen atoms in total. The van der Waals surface area contributed by atoms with Crippen molar-refractivity contribution in [2.45, 2.75) is 13.0 Å². The Hall–Kier alpha value is -1.51. The highest BCUT2D eigenvalue weighted by atomic mass is 32.2. The van der Waals surface area contributed by atoms with E-state index in [1.807, 2.05) is 0 Å². The number of hydrogen-bond acceptors (Lipinski definition) is 5. The average molecular weight is 330 g/mol. The van der Waals surface area contributed by atoms with Crippen molar-refractivity contribution in [2.75, 3.05) is 19.9 Å². The highest BCUT2D eigenvalue weighted by Gasteiger charge is 2.20. The first-order chi connectivity index (χ1) is 9.76. The molecule has 0 fully saturated rings. The molecule has 0 unspecified atom stereocenters. The molecule has 0 aromatic heterocycles. The van der Waals surface area contributed by atoms with Crippen LogP contribution in [0.1, 0.15) is 17.5 Å². The minimum absolute atomic E-state index is 0.171. The van der Waals surface area contributed by atoms with E-state index in [9.17, 15) is 13.2 Å². The van der Waals surface area contributed by atoms with E-state index < -0.39 is 16.0 Å². The summed E-state index contributed by atoms with van der Waals surface area (Å²) < 4.78 is 29.7. The lowest BCUT2D eigenvalue weighted by Gasteiger charge is -2.17. The van der Waals surface area contributed by atoms with Gasteiger partial charge in [-0.25, -0.2) is 12.7 Å². The third-order valence-electron chi connectivity index (χ3n) is 2.88. The van der Waals surface area contributed by atoms with E-state index in [1.165, 1.54) is 18.5 Å². The molecule has 0 heterocycles. The fraction of sp³-hybridized carbons (Fsp3) is 0.385. The van der Waals surface area contributed by atoms with Crippen molar-refractivity contribution in [1.29, 1.82) is 0 Å². The van der Waals surface area contributed by atoms with Crippen molar-refractivity contribution in [3.8, 4) is 0 Å². The Morgan fingerprint density at radius 3 is 2.67 bits per heavy atom. The summed E-state index contributed by atoms with van der Waals surface area (Å²) in [6.07, 6.45) is -0.171. The summed E-state index contributed by atoms with van der Waals surface area (Å²) >= 11 is 4.89. The van der Waals surface area contributed by atoms with Gasteiger partial charge in [0.05, 0.1) is 19.3 Å². The van der Waals surface area contributed by atoms with Gasteiger partial charge >= 0.3 is 5.97 Å². The van der Waals surface area contributed by atoms with E-state index in [1.54, 1.807) is 24.3 Å². The van der Waals surface area contributed by atoms with E-state index in [4.69, 9.17) is 18.0 Å². The topological polar surface area (TPSA) is 89.7 Å². The van der Waals surface area contributed by atoms with Gasteiger partial charge in [-0.2, -0.15) is 0 Å². The summed E-state index contributed by atoms with van der Waals surface area (Å²) in [4.78, 5) is 11.3. The SMILES string of the molecule is COC(=O)CCS(=O)(=O)N(C)Cc1cccc(C(N)=S)c1. The fourth-order valence-electron chi connectivity index (χ4n) is 1.65. The summed E-state index contributed by atoms with van der Waals surface area (Å²) in [7, 11) is -0.848. The Balaban J connectivity index is 2.75. The van der Waals surface area contributed by atoms with Gasteiger partial charge < -0.3 is 10.5 Å². The van der Waals surface area contributed by atoms with Crippen molar-refractivity contribution in [3.63, 3.8) is 0 Å². The largest absolute Gasteiger partial charge is 0.469 e. The van der Waals surface area contributed by atoms with Gasteiger partial charge in [0, 0.05) is 19.2 Å². The van der Waals surface area contributed by atoms with Gasteiger partial charge in [-0.15, -0.1) is 0 Å². The summed E-state index contributed by atoms with van der Waals surface area (Å²) in [5.41, 5.74) is 6.99. The Bertz CT molecular complexity index is 629. The number of benzene rings is 1. The van der Waals surface area contributed by atoms with Crippen LogP contribution in [0.25, 0.3) is 0 Å². The van der Waals surface area contributed by atoms with E-state index >= 15 is 0 Å². The number of sulfonamides is 1. The fourth-order valence-corrected chi connectivity index (χ4v) is 2.86. The van der Waals surface area contributed by atoms with Crippen molar-refractivity contribution < 1.29 is 17.9 Å². The number of nitrogens with zero attached hydrogens (tertiary/aromatic N) is 1. The molecule has 1 rings (SSSR count). The minimum atomic E-state index is -3.53. The number of thiocarbonyl (C=S) groups is 1. The van der Waals surface area contributed by atoms with E-state index in [-0.39, 0.29) is 23.7 Å². The molecule has 0 radical (unpaired) electrons. The Labute approximate surface area is 129 Å². The van der Waals surface area contributed by atoms with E-state index in [0.717, 1.165) is 5.56 Å². The maximum absolute atomic E-state index is 12.0. The van der Waals surface area contributed by atoms with Gasteiger partial charge in [0.1, 0.15) is 4.99 Å². The van der Waals surface area contributed by atoms with Gasteiger partial charge in [-0.05, 0) is 11.6 Å². The number of carbonyl (C=O) groups is 1. The second-order valence-electron chi connectivity index (χ2n) is 4.46. The van der Waals surface area contributed by atoms with Gasteiger partial charge in [0.2, 0.25) is 10.0 Å². The van der Waals surface area contributed by atoms with Gasteiger partial charge in [-0.1, -0.05) is 30.4 Å². The molecule has 0 spiro atoms. The lowest BCUT2D eigenvalue weighted by Crippen LogP contribution is -2.30. The molecular formula is C13H18N2O4S2. The molecule has 0 saturated carbocycles. The second-order valence-corrected chi connectivity index (χ2v) is 7.10. The quantitative estimate of drug-likeness (QED) is 0.583. The van der Waals surface area contributed by atoms with Crippen LogP contribution in [0, 0.1) is 0 Å². The van der Waals surface area contributed by atoms with E-state index in [2.05, 4.69) is 4.74 Å². The lowest BCUT2D eigenvalue weighted by atomic mass is 10.1. The zero-order valence-corrected chi connectivity index (χ0v) is 13.5. The molecule has 116 valence electrons. The molecule has 0 saturated heterocycles. The molecule has 0 aliphatic heterocycles. The first-order valence-electron chi connectivity index (χ1n) is 6.16. The Kier molecular flexibility index (Phi) is 6.25. The van der Waals surface area contributed by atoms with Crippen LogP contribution in [0.4, 0.5) is 0 Å². The van der Waals surface area contributed by atoms with Crippen LogP contribution in [0.2, 0.25) is 0 Å². The lowest BCUT2D eigenvalue weighted by molar-refractivity contribution is -0.140. The Morgan fingerprint density at radius 1 is 1.43 bits per heavy atom. The van der Waals surface area contributed by atoms with Gasteiger partial charge in [0.15, 0.2) is 0 Å². The van der Waals surface area contributed by atoms with Crippen LogP contribution in [-0.2, 0) is 26.1 Å². The molecule has 21 heavy (non-hydrogen) atoms.